The van der Waals surface area contributed by atoms with Crippen molar-refractivity contribution in [3.05, 3.63) is 66.1 Å². The molecule has 3 aromatic rings. The maximum absolute atomic E-state index is 12.6. The van der Waals surface area contributed by atoms with Crippen molar-refractivity contribution in [3.63, 3.8) is 0 Å². The van der Waals surface area contributed by atoms with Gasteiger partial charge in [0.2, 0.25) is 5.91 Å². The Hall–Kier alpha value is -3.20. The predicted octanol–water partition coefficient (Wildman–Crippen LogP) is 3.38. The summed E-state index contributed by atoms with van der Waals surface area (Å²) in [4.78, 5) is 12.6. The van der Waals surface area contributed by atoms with E-state index in [1.54, 1.807) is 21.6 Å². The maximum Gasteiger partial charge on any atom is 0.249 e. The number of hydrogen-bond donors (Lipinski definition) is 1. The molecule has 1 fully saturated rings. The largest absolute Gasteiger partial charge is 0.307 e. The van der Waals surface area contributed by atoms with Crippen molar-refractivity contribution in [1.82, 2.24) is 19.6 Å². The average molecular weight is 454 g/mol. The lowest BCUT2D eigenvalue weighted by Gasteiger charge is -2.15. The van der Waals surface area contributed by atoms with Crippen molar-refractivity contribution in [2.24, 2.45) is 0 Å². The first-order valence-corrected chi connectivity index (χ1v) is 12.3. The van der Waals surface area contributed by atoms with E-state index in [-0.39, 0.29) is 28.9 Å². The average Bonchev–Trinajstić information content (AvgIpc) is 3.45. The fourth-order valence-electron chi connectivity index (χ4n) is 3.59. The first kappa shape index (κ1) is 22.0. The van der Waals surface area contributed by atoms with Gasteiger partial charge in [-0.15, -0.1) is 0 Å². The Morgan fingerprint density at radius 3 is 2.62 bits per heavy atom. The van der Waals surface area contributed by atoms with E-state index in [4.69, 9.17) is 0 Å². The van der Waals surface area contributed by atoms with Crippen LogP contribution in [0.15, 0.2) is 54.9 Å². The lowest BCUT2D eigenvalue weighted by atomic mass is 9.92. The SMILES string of the molecule is CC(C)(C)c1cc(NC(=O)/C=C/c2cnn(-c3ccccc3)c2)n(C2CCS(=O)(=O)C2)n1. The van der Waals surface area contributed by atoms with Gasteiger partial charge < -0.3 is 5.32 Å². The van der Waals surface area contributed by atoms with Crippen molar-refractivity contribution in [2.75, 3.05) is 16.8 Å². The molecular weight excluding hydrogens is 426 g/mol. The highest BCUT2D eigenvalue weighted by atomic mass is 32.2. The van der Waals surface area contributed by atoms with Crippen molar-refractivity contribution < 1.29 is 13.2 Å². The fourth-order valence-corrected chi connectivity index (χ4v) is 5.28. The Morgan fingerprint density at radius 2 is 1.97 bits per heavy atom. The quantitative estimate of drug-likeness (QED) is 0.597. The lowest BCUT2D eigenvalue weighted by molar-refractivity contribution is -0.111. The summed E-state index contributed by atoms with van der Waals surface area (Å²) in [5.41, 5.74) is 2.28. The highest BCUT2D eigenvalue weighted by Gasteiger charge is 2.32. The molecule has 1 amide bonds. The standard InChI is InChI=1S/C23H27N5O3S/c1-23(2,3)20-13-21(28(26-20)19-11-12-32(30,31)16-19)25-22(29)10-9-17-14-24-27(15-17)18-7-5-4-6-8-18/h4-10,13-15,19H,11-12,16H2,1-3H3,(H,25,29)/b10-9+. The van der Waals surface area contributed by atoms with Crippen LogP contribution < -0.4 is 5.32 Å². The molecule has 32 heavy (non-hydrogen) atoms. The Balaban J connectivity index is 1.51. The predicted molar refractivity (Wildman–Crippen MR) is 124 cm³/mol. The first-order chi connectivity index (χ1) is 15.1. The second kappa shape index (κ2) is 8.38. The minimum atomic E-state index is -3.08. The number of amides is 1. The summed E-state index contributed by atoms with van der Waals surface area (Å²) in [5.74, 6) is 0.364. The van der Waals surface area contributed by atoms with E-state index >= 15 is 0 Å². The van der Waals surface area contributed by atoms with E-state index < -0.39 is 9.84 Å². The molecule has 8 nitrogen and oxygen atoms in total. The first-order valence-electron chi connectivity index (χ1n) is 10.5. The van der Waals surface area contributed by atoms with Crippen molar-refractivity contribution in [2.45, 2.75) is 38.6 Å². The molecule has 0 aliphatic carbocycles. The molecule has 0 radical (unpaired) electrons. The van der Waals surface area contributed by atoms with Gasteiger partial charge in [-0.1, -0.05) is 39.0 Å². The minimum Gasteiger partial charge on any atom is -0.307 e. The summed E-state index contributed by atoms with van der Waals surface area (Å²) in [6.45, 7) is 6.09. The van der Waals surface area contributed by atoms with Gasteiger partial charge in [-0.05, 0) is 24.6 Å². The second-order valence-corrected chi connectivity index (χ2v) is 11.3. The van der Waals surface area contributed by atoms with Crippen molar-refractivity contribution in [1.29, 1.82) is 0 Å². The van der Waals surface area contributed by atoms with Crippen LogP contribution in [-0.4, -0.2) is 45.4 Å². The minimum absolute atomic E-state index is 0.0373. The van der Waals surface area contributed by atoms with E-state index in [1.807, 2.05) is 63.4 Å². The molecule has 0 spiro atoms. The summed E-state index contributed by atoms with van der Waals surface area (Å²) in [6.07, 6.45) is 7.14. The van der Waals surface area contributed by atoms with E-state index in [9.17, 15) is 13.2 Å². The smallest absolute Gasteiger partial charge is 0.249 e. The van der Waals surface area contributed by atoms with Gasteiger partial charge in [0.15, 0.2) is 9.84 Å². The number of hydrogen-bond acceptors (Lipinski definition) is 5. The van der Waals surface area contributed by atoms with E-state index in [2.05, 4.69) is 15.5 Å². The molecule has 1 aliphatic rings. The molecule has 4 rings (SSSR count). The van der Waals surface area contributed by atoms with Gasteiger partial charge in [-0.3, -0.25) is 4.79 Å². The van der Waals surface area contributed by atoms with E-state index in [0.717, 1.165) is 16.9 Å². The summed E-state index contributed by atoms with van der Waals surface area (Å²) in [6, 6.07) is 11.3. The van der Waals surface area contributed by atoms with Crippen LogP contribution in [0.5, 0.6) is 0 Å². The van der Waals surface area contributed by atoms with Gasteiger partial charge in [-0.25, -0.2) is 17.8 Å². The molecule has 1 unspecified atom stereocenters. The number of carbonyl (C=O) groups excluding carboxylic acids is 1. The van der Waals surface area contributed by atoms with Crippen LogP contribution in [0, 0.1) is 0 Å². The molecule has 1 atom stereocenters. The fraction of sp³-hybridized carbons (Fsp3) is 0.348. The zero-order valence-electron chi connectivity index (χ0n) is 18.4. The molecule has 1 aliphatic heterocycles. The van der Waals surface area contributed by atoms with Crippen LogP contribution in [-0.2, 0) is 20.0 Å². The number of benzene rings is 1. The topological polar surface area (TPSA) is 98.9 Å². The van der Waals surface area contributed by atoms with Crippen molar-refractivity contribution in [3.8, 4) is 5.69 Å². The monoisotopic (exact) mass is 453 g/mol. The molecular formula is C23H27N5O3S. The maximum atomic E-state index is 12.6. The molecule has 1 N–H and O–H groups in total. The summed E-state index contributed by atoms with van der Waals surface area (Å²) in [7, 11) is -3.08. The lowest BCUT2D eigenvalue weighted by Crippen LogP contribution is -2.19. The Bertz CT molecular complexity index is 1250. The van der Waals surface area contributed by atoms with Crippen LogP contribution in [0.25, 0.3) is 11.8 Å². The van der Waals surface area contributed by atoms with Crippen molar-refractivity contribution >= 4 is 27.6 Å². The summed E-state index contributed by atoms with van der Waals surface area (Å²) in [5, 5.41) is 11.8. The Labute approximate surface area is 187 Å². The zero-order chi connectivity index (χ0) is 22.9. The Morgan fingerprint density at radius 1 is 1.22 bits per heavy atom. The molecule has 9 heteroatoms. The van der Waals surface area contributed by atoms with E-state index in [0.29, 0.717) is 12.2 Å². The molecule has 3 heterocycles. The van der Waals surface area contributed by atoms with Gasteiger partial charge in [-0.2, -0.15) is 10.2 Å². The van der Waals surface area contributed by atoms with E-state index in [1.165, 1.54) is 6.08 Å². The normalized spacial score (nSPS) is 18.3. The number of aromatic nitrogens is 4. The van der Waals surface area contributed by atoms with Gasteiger partial charge in [0.05, 0.1) is 35.1 Å². The van der Waals surface area contributed by atoms with Gasteiger partial charge in [0.25, 0.3) is 0 Å². The molecule has 168 valence electrons. The summed E-state index contributed by atoms with van der Waals surface area (Å²) >= 11 is 0. The van der Waals surface area contributed by atoms with Crippen LogP contribution in [0.4, 0.5) is 5.82 Å². The van der Waals surface area contributed by atoms with Crippen LogP contribution in [0.2, 0.25) is 0 Å². The van der Waals surface area contributed by atoms with Gasteiger partial charge >= 0.3 is 0 Å². The third kappa shape index (κ3) is 4.99. The number of sulfone groups is 1. The number of carbonyl (C=O) groups is 1. The second-order valence-electron chi connectivity index (χ2n) is 9.04. The van der Waals surface area contributed by atoms with Crippen LogP contribution in [0.3, 0.4) is 0 Å². The number of para-hydroxylation sites is 1. The summed E-state index contributed by atoms with van der Waals surface area (Å²) < 4.78 is 27.3. The number of nitrogens with one attached hydrogen (secondary N) is 1. The molecule has 1 saturated heterocycles. The van der Waals surface area contributed by atoms with Crippen LogP contribution >= 0.6 is 0 Å². The third-order valence-electron chi connectivity index (χ3n) is 5.36. The number of nitrogens with zero attached hydrogens (tertiary/aromatic N) is 4. The molecule has 0 bridgehead atoms. The third-order valence-corrected chi connectivity index (χ3v) is 7.11. The molecule has 0 saturated carbocycles. The molecule has 1 aromatic carbocycles. The number of anilines is 1. The number of rotatable bonds is 5. The van der Waals surface area contributed by atoms with Gasteiger partial charge in [0, 0.05) is 29.3 Å². The Kier molecular flexibility index (Phi) is 5.77. The van der Waals surface area contributed by atoms with Crippen LogP contribution in [0.1, 0.15) is 44.5 Å². The van der Waals surface area contributed by atoms with Gasteiger partial charge in [0.1, 0.15) is 5.82 Å². The molecule has 2 aromatic heterocycles. The zero-order valence-corrected chi connectivity index (χ0v) is 19.2. The highest BCUT2D eigenvalue weighted by molar-refractivity contribution is 7.91. The highest BCUT2D eigenvalue weighted by Crippen LogP contribution is 2.30.